The van der Waals surface area contributed by atoms with Gasteiger partial charge in [-0.15, -0.1) is 0 Å². The molecule has 1 amide bonds. The summed E-state index contributed by atoms with van der Waals surface area (Å²) in [4.78, 5) is 16.6. The number of hydrogen-bond donors (Lipinski definition) is 0. The maximum Gasteiger partial charge on any atom is 0.260 e. The molecular weight excluding hydrogens is 336 g/mol. The van der Waals surface area contributed by atoms with Crippen molar-refractivity contribution in [2.24, 2.45) is 0 Å². The van der Waals surface area contributed by atoms with E-state index in [4.69, 9.17) is 16.3 Å². The van der Waals surface area contributed by atoms with Crippen LogP contribution in [0.4, 0.5) is 0 Å². The second-order valence-corrected chi connectivity index (χ2v) is 6.71. The first kappa shape index (κ1) is 17.8. The van der Waals surface area contributed by atoms with Gasteiger partial charge in [-0.2, -0.15) is 0 Å². The van der Waals surface area contributed by atoms with Crippen molar-refractivity contribution in [3.63, 3.8) is 0 Å². The molecule has 0 bridgehead atoms. The third-order valence-electron chi connectivity index (χ3n) is 4.52. The summed E-state index contributed by atoms with van der Waals surface area (Å²) in [6, 6.07) is 15.7. The van der Waals surface area contributed by atoms with E-state index >= 15 is 0 Å². The second kappa shape index (κ2) is 8.37. The van der Waals surface area contributed by atoms with Crippen LogP contribution in [0.5, 0.6) is 5.75 Å². The Labute approximate surface area is 154 Å². The van der Waals surface area contributed by atoms with Gasteiger partial charge in [0.2, 0.25) is 0 Å². The lowest BCUT2D eigenvalue weighted by Crippen LogP contribution is -2.49. The summed E-state index contributed by atoms with van der Waals surface area (Å²) in [5.74, 6) is 0.814. The number of nitrogens with zero attached hydrogens (tertiary/aromatic N) is 2. The highest BCUT2D eigenvalue weighted by Gasteiger charge is 2.22. The molecule has 1 aliphatic rings. The fourth-order valence-corrected chi connectivity index (χ4v) is 3.17. The molecule has 2 aromatic rings. The van der Waals surface area contributed by atoms with Crippen molar-refractivity contribution < 1.29 is 9.53 Å². The lowest BCUT2D eigenvalue weighted by molar-refractivity contribution is -0.135. The average Bonchev–Trinajstić information content (AvgIpc) is 2.63. The van der Waals surface area contributed by atoms with Gasteiger partial charge in [-0.25, -0.2) is 0 Å². The van der Waals surface area contributed by atoms with E-state index in [1.165, 1.54) is 0 Å². The van der Waals surface area contributed by atoms with Crippen LogP contribution in [0.15, 0.2) is 48.5 Å². The van der Waals surface area contributed by atoms with Crippen molar-refractivity contribution in [2.45, 2.75) is 13.5 Å². The summed E-state index contributed by atoms with van der Waals surface area (Å²) in [7, 11) is 0. The number of amides is 1. The quantitative estimate of drug-likeness (QED) is 0.821. The minimum Gasteiger partial charge on any atom is -0.484 e. The van der Waals surface area contributed by atoms with Crippen molar-refractivity contribution in [1.29, 1.82) is 0 Å². The number of aryl methyl sites for hydroxylation is 1. The second-order valence-electron chi connectivity index (χ2n) is 6.30. The largest absolute Gasteiger partial charge is 0.484 e. The van der Waals surface area contributed by atoms with Crippen molar-refractivity contribution in [3.05, 3.63) is 64.7 Å². The molecule has 0 radical (unpaired) electrons. The van der Waals surface area contributed by atoms with Gasteiger partial charge in [0.1, 0.15) is 5.75 Å². The molecule has 0 aromatic heterocycles. The molecule has 4 nitrogen and oxygen atoms in total. The number of carbonyl (C=O) groups excluding carboxylic acids is 1. The molecule has 1 aliphatic heterocycles. The van der Waals surface area contributed by atoms with E-state index in [1.54, 1.807) is 0 Å². The number of carbonyl (C=O) groups is 1. The Kier molecular flexibility index (Phi) is 5.95. The molecule has 25 heavy (non-hydrogen) atoms. The zero-order valence-corrected chi connectivity index (χ0v) is 15.2. The summed E-state index contributed by atoms with van der Waals surface area (Å²) in [6.07, 6.45) is 0. The zero-order valence-electron chi connectivity index (χ0n) is 14.5. The van der Waals surface area contributed by atoms with Gasteiger partial charge in [0.25, 0.3) is 5.91 Å². The fourth-order valence-electron chi connectivity index (χ4n) is 2.97. The van der Waals surface area contributed by atoms with Gasteiger partial charge in [0.15, 0.2) is 6.61 Å². The predicted octanol–water partition coefficient (Wildman–Crippen LogP) is 3.37. The fraction of sp³-hybridized carbons (Fsp3) is 0.350. The number of rotatable bonds is 5. The van der Waals surface area contributed by atoms with Crippen molar-refractivity contribution in [2.75, 3.05) is 32.8 Å². The highest BCUT2D eigenvalue weighted by Crippen LogP contribution is 2.18. The first-order chi connectivity index (χ1) is 12.1. The first-order valence-electron chi connectivity index (χ1n) is 8.55. The van der Waals surface area contributed by atoms with Gasteiger partial charge in [0, 0.05) is 37.7 Å². The van der Waals surface area contributed by atoms with Gasteiger partial charge in [-0.3, -0.25) is 9.69 Å². The van der Waals surface area contributed by atoms with Gasteiger partial charge in [0.05, 0.1) is 0 Å². The molecule has 0 saturated carbocycles. The molecule has 0 atom stereocenters. The number of halogens is 1. The molecular formula is C20H23ClN2O2. The Morgan fingerprint density at radius 2 is 1.72 bits per heavy atom. The standard InChI is InChI=1S/C20H23ClN2O2/c1-16-6-2-5-9-19(16)25-15-20(24)23-12-10-22(11-13-23)14-17-7-3-4-8-18(17)21/h2-9H,10-15H2,1H3. The van der Waals surface area contributed by atoms with Gasteiger partial charge in [-0.05, 0) is 30.2 Å². The number of benzene rings is 2. The molecule has 132 valence electrons. The van der Waals surface area contributed by atoms with Crippen LogP contribution >= 0.6 is 11.6 Å². The minimum atomic E-state index is 0.0423. The predicted molar refractivity (Wildman–Crippen MR) is 100.0 cm³/mol. The van der Waals surface area contributed by atoms with Crippen LogP contribution in [-0.4, -0.2) is 48.5 Å². The zero-order chi connectivity index (χ0) is 17.6. The van der Waals surface area contributed by atoms with Crippen LogP contribution in [0, 0.1) is 6.92 Å². The monoisotopic (exact) mass is 358 g/mol. The Morgan fingerprint density at radius 1 is 1.04 bits per heavy atom. The van der Waals surface area contributed by atoms with E-state index in [-0.39, 0.29) is 12.5 Å². The number of ether oxygens (including phenoxy) is 1. The van der Waals surface area contributed by atoms with E-state index < -0.39 is 0 Å². The Balaban J connectivity index is 1.46. The molecule has 1 saturated heterocycles. The third-order valence-corrected chi connectivity index (χ3v) is 4.89. The van der Waals surface area contributed by atoms with E-state index in [9.17, 15) is 4.79 Å². The van der Waals surface area contributed by atoms with Crippen LogP contribution in [0.3, 0.4) is 0 Å². The summed E-state index contributed by atoms with van der Waals surface area (Å²) < 4.78 is 5.67. The van der Waals surface area contributed by atoms with Gasteiger partial charge in [-0.1, -0.05) is 48.0 Å². The van der Waals surface area contributed by atoms with Crippen molar-refractivity contribution in [3.8, 4) is 5.75 Å². The molecule has 0 aliphatic carbocycles. The SMILES string of the molecule is Cc1ccccc1OCC(=O)N1CCN(Cc2ccccc2Cl)CC1. The van der Waals surface area contributed by atoms with Crippen molar-refractivity contribution in [1.82, 2.24) is 9.80 Å². The van der Waals surface area contributed by atoms with E-state index in [0.717, 1.165) is 54.6 Å². The average molecular weight is 359 g/mol. The number of hydrogen-bond acceptors (Lipinski definition) is 3. The smallest absolute Gasteiger partial charge is 0.260 e. The molecule has 2 aromatic carbocycles. The Morgan fingerprint density at radius 3 is 2.44 bits per heavy atom. The molecule has 0 N–H and O–H groups in total. The van der Waals surface area contributed by atoms with E-state index in [0.29, 0.717) is 0 Å². The van der Waals surface area contributed by atoms with Crippen LogP contribution in [0.25, 0.3) is 0 Å². The van der Waals surface area contributed by atoms with Gasteiger partial charge >= 0.3 is 0 Å². The highest BCUT2D eigenvalue weighted by atomic mass is 35.5. The topological polar surface area (TPSA) is 32.8 Å². The minimum absolute atomic E-state index is 0.0423. The van der Waals surface area contributed by atoms with E-state index in [1.807, 2.05) is 54.3 Å². The molecule has 5 heteroatoms. The number of para-hydroxylation sites is 1. The summed E-state index contributed by atoms with van der Waals surface area (Å²) >= 11 is 6.23. The Hall–Kier alpha value is -2.04. The lowest BCUT2D eigenvalue weighted by Gasteiger charge is -2.34. The highest BCUT2D eigenvalue weighted by molar-refractivity contribution is 6.31. The normalized spacial score (nSPS) is 15.2. The van der Waals surface area contributed by atoms with Crippen LogP contribution in [0.2, 0.25) is 5.02 Å². The van der Waals surface area contributed by atoms with Gasteiger partial charge < -0.3 is 9.64 Å². The van der Waals surface area contributed by atoms with Crippen LogP contribution < -0.4 is 4.74 Å². The van der Waals surface area contributed by atoms with E-state index in [2.05, 4.69) is 11.0 Å². The molecule has 0 spiro atoms. The summed E-state index contributed by atoms with van der Waals surface area (Å²) in [6.45, 7) is 6.04. The molecule has 3 rings (SSSR count). The van der Waals surface area contributed by atoms with Crippen LogP contribution in [-0.2, 0) is 11.3 Å². The summed E-state index contributed by atoms with van der Waals surface area (Å²) in [5, 5.41) is 0.799. The maximum atomic E-state index is 12.4. The number of piperazine rings is 1. The third kappa shape index (κ3) is 4.74. The first-order valence-corrected chi connectivity index (χ1v) is 8.93. The molecule has 1 fully saturated rings. The lowest BCUT2D eigenvalue weighted by atomic mass is 10.2. The molecule has 0 unspecified atom stereocenters. The molecule has 1 heterocycles. The van der Waals surface area contributed by atoms with Crippen LogP contribution in [0.1, 0.15) is 11.1 Å². The Bertz CT molecular complexity index is 727. The summed E-state index contributed by atoms with van der Waals surface area (Å²) in [5.41, 5.74) is 2.17. The van der Waals surface area contributed by atoms with Crippen molar-refractivity contribution >= 4 is 17.5 Å². The maximum absolute atomic E-state index is 12.4.